The van der Waals surface area contributed by atoms with Crippen LogP contribution in [0.3, 0.4) is 0 Å². The van der Waals surface area contributed by atoms with Gasteiger partial charge >= 0.3 is 24.0 Å². The Morgan fingerprint density at radius 3 is 2.14 bits per heavy atom. The molecule has 5 atom stereocenters. The number of ether oxygens (including phenoxy) is 4. The van der Waals surface area contributed by atoms with Gasteiger partial charge in [-0.05, 0) is 64.4 Å². The van der Waals surface area contributed by atoms with Crippen LogP contribution in [0.15, 0.2) is 103 Å². The Kier molecular flexibility index (Phi) is 14.0. The predicted octanol–water partition coefficient (Wildman–Crippen LogP) is 7.18. The number of aromatic nitrogens is 1. The largest absolute Gasteiger partial charge is 0.481 e. The Bertz CT molecular complexity index is 2460. The number of carboxylic acid groups (broad SMARTS) is 1. The van der Waals surface area contributed by atoms with Gasteiger partial charge in [-0.15, -0.1) is 0 Å². The van der Waals surface area contributed by atoms with E-state index >= 15 is 0 Å². The fraction of sp³-hybridized carbons (Fsp3) is 0.312. The van der Waals surface area contributed by atoms with Crippen LogP contribution in [0.2, 0.25) is 0 Å². The first kappa shape index (κ1) is 44.2. The maximum absolute atomic E-state index is 14.1. The summed E-state index contributed by atoms with van der Waals surface area (Å²) >= 11 is 0. The molecule has 1 aliphatic carbocycles. The molecule has 4 aromatic carbocycles. The summed E-state index contributed by atoms with van der Waals surface area (Å²) in [5.74, 6) is -5.10. The summed E-state index contributed by atoms with van der Waals surface area (Å²) in [7, 11) is 0. The number of fused-ring (bicyclic) bond motifs is 4. The maximum atomic E-state index is 14.1. The number of carboxylic acids is 1. The molecule has 0 radical (unpaired) electrons. The number of aryl methyl sites for hydroxylation is 1. The molecule has 0 spiro atoms. The lowest BCUT2D eigenvalue weighted by Crippen LogP contribution is -2.60. The fourth-order valence-electron chi connectivity index (χ4n) is 8.42. The van der Waals surface area contributed by atoms with Gasteiger partial charge in [-0.1, -0.05) is 91.0 Å². The summed E-state index contributed by atoms with van der Waals surface area (Å²) < 4.78 is 36.3. The maximum Gasteiger partial charge on any atom is 0.410 e. The molecular weight excluding hydrogens is 814 g/mol. The number of esters is 2. The van der Waals surface area contributed by atoms with Crippen LogP contribution >= 0.6 is 0 Å². The zero-order valence-corrected chi connectivity index (χ0v) is 35.0. The third-order valence-corrected chi connectivity index (χ3v) is 11.3. The standard InChI is InChI=1S/C48H48FN3O11/c1-28-33(38-14-8-9-15-41(38)50-28)22-23-52(48(58)59-27-40-36-12-6-4-10-34(36)35-11-5-7-13-37(35)40)26-32-18-16-31(17-19-32)20-21-43(55)51-63-47-46(61-30(3)54)45(60-29(2)53)39(24-44(56)57)42(25-49)62-47/h4-21,39-40,42,45-47,50H,22-27H2,1-3H3,(H,51,55)(H,56,57)/b21-20+/t39-,42+,45-,46+,47-/m0/s1. The van der Waals surface area contributed by atoms with Crippen molar-refractivity contribution in [3.05, 3.63) is 137 Å². The van der Waals surface area contributed by atoms with Crippen LogP contribution in [0.4, 0.5) is 9.18 Å². The number of H-pyrrole nitrogens is 1. The number of para-hydroxylation sites is 1. The molecule has 0 saturated carbocycles. The zero-order chi connectivity index (χ0) is 44.6. The Morgan fingerprint density at radius 2 is 1.49 bits per heavy atom. The van der Waals surface area contributed by atoms with E-state index in [0.29, 0.717) is 18.5 Å². The average molecular weight is 862 g/mol. The molecule has 1 saturated heterocycles. The van der Waals surface area contributed by atoms with Gasteiger partial charge in [0.05, 0.1) is 12.5 Å². The Hall–Kier alpha value is -6.84. The number of amides is 2. The molecule has 1 aromatic heterocycles. The molecule has 1 fully saturated rings. The minimum atomic E-state index is -1.65. The summed E-state index contributed by atoms with van der Waals surface area (Å²) in [6, 6.07) is 31.7. The highest BCUT2D eigenvalue weighted by Crippen LogP contribution is 2.44. The van der Waals surface area contributed by atoms with Gasteiger partial charge in [0.15, 0.2) is 6.10 Å². The molecule has 0 unspecified atom stereocenters. The molecule has 328 valence electrons. The lowest BCUT2D eigenvalue weighted by Gasteiger charge is -2.43. The topological polar surface area (TPSA) is 183 Å². The van der Waals surface area contributed by atoms with E-state index in [1.165, 1.54) is 6.08 Å². The number of aromatic amines is 1. The van der Waals surface area contributed by atoms with Crippen LogP contribution in [-0.4, -0.2) is 89.3 Å². The van der Waals surface area contributed by atoms with Gasteiger partial charge in [-0.25, -0.2) is 19.5 Å². The lowest BCUT2D eigenvalue weighted by molar-refractivity contribution is -0.306. The highest BCUT2D eigenvalue weighted by atomic mass is 19.1. The molecule has 2 heterocycles. The Labute approximate surface area is 362 Å². The molecule has 2 amide bonds. The molecule has 15 heteroatoms. The number of hydrogen-bond acceptors (Lipinski definition) is 10. The minimum Gasteiger partial charge on any atom is -0.481 e. The number of aliphatic carboxylic acids is 1. The first-order valence-electron chi connectivity index (χ1n) is 20.6. The number of carbonyl (C=O) groups excluding carboxylic acids is 4. The number of hydroxylamine groups is 1. The van der Waals surface area contributed by atoms with Crippen LogP contribution in [0.5, 0.6) is 0 Å². The quantitative estimate of drug-likeness (QED) is 0.0396. The fourth-order valence-corrected chi connectivity index (χ4v) is 8.42. The number of carbonyl (C=O) groups is 5. The number of nitrogens with zero attached hydrogens (tertiary/aromatic N) is 1. The number of halogens is 1. The van der Waals surface area contributed by atoms with Crippen molar-refractivity contribution in [2.24, 2.45) is 5.92 Å². The lowest BCUT2D eigenvalue weighted by atomic mass is 9.86. The number of alkyl halides is 1. The first-order valence-corrected chi connectivity index (χ1v) is 20.6. The van der Waals surface area contributed by atoms with Gasteiger partial charge in [0.1, 0.15) is 19.4 Å². The van der Waals surface area contributed by atoms with E-state index in [1.807, 2.05) is 61.5 Å². The second kappa shape index (κ2) is 19.9. The molecule has 14 nitrogen and oxygen atoms in total. The van der Waals surface area contributed by atoms with E-state index in [-0.39, 0.29) is 19.1 Å². The van der Waals surface area contributed by atoms with Gasteiger partial charge in [0.2, 0.25) is 6.29 Å². The molecule has 7 rings (SSSR count). The van der Waals surface area contributed by atoms with Crippen LogP contribution in [0, 0.1) is 12.8 Å². The second-order valence-electron chi connectivity index (χ2n) is 15.5. The van der Waals surface area contributed by atoms with Crippen molar-refractivity contribution < 1.29 is 57.3 Å². The molecule has 2 aliphatic rings. The highest BCUT2D eigenvalue weighted by molar-refractivity contribution is 5.91. The highest BCUT2D eigenvalue weighted by Gasteiger charge is 2.51. The van der Waals surface area contributed by atoms with Crippen LogP contribution in [-0.2, 0) is 55.9 Å². The SMILES string of the molecule is CC(=O)O[C@H]1[C@H](ONC(=O)/C=C/c2ccc(CN(CCc3c(C)[nH]c4ccccc34)C(=O)OCC3c4ccccc4-c4ccccc43)cc2)O[C@H](CF)[C@H](CC(=O)O)[C@@H]1OC(C)=O. The number of benzene rings is 4. The van der Waals surface area contributed by atoms with Crippen molar-refractivity contribution >= 4 is 46.9 Å². The van der Waals surface area contributed by atoms with Crippen LogP contribution < -0.4 is 5.48 Å². The Balaban J connectivity index is 1.02. The van der Waals surface area contributed by atoms with Crippen molar-refractivity contribution in [2.75, 3.05) is 19.8 Å². The average Bonchev–Trinajstić information content (AvgIpc) is 3.77. The minimum absolute atomic E-state index is 0.0980. The normalized spacial score (nSPS) is 19.3. The van der Waals surface area contributed by atoms with E-state index in [4.69, 9.17) is 23.8 Å². The van der Waals surface area contributed by atoms with E-state index in [9.17, 15) is 33.5 Å². The van der Waals surface area contributed by atoms with Gasteiger partial charge in [-0.2, -0.15) is 0 Å². The third-order valence-electron chi connectivity index (χ3n) is 11.3. The summed E-state index contributed by atoms with van der Waals surface area (Å²) in [6.45, 7) is 3.78. The van der Waals surface area contributed by atoms with E-state index in [0.717, 1.165) is 69.9 Å². The molecular formula is C48H48FN3O11. The smallest absolute Gasteiger partial charge is 0.410 e. The van der Waals surface area contributed by atoms with Crippen molar-refractivity contribution in [1.82, 2.24) is 15.4 Å². The predicted molar refractivity (Wildman–Crippen MR) is 228 cm³/mol. The van der Waals surface area contributed by atoms with Crippen molar-refractivity contribution in [3.63, 3.8) is 0 Å². The van der Waals surface area contributed by atoms with E-state index in [1.54, 1.807) is 17.0 Å². The molecule has 0 bridgehead atoms. The number of hydrogen-bond donors (Lipinski definition) is 3. The third kappa shape index (κ3) is 10.4. The second-order valence-corrected chi connectivity index (χ2v) is 15.5. The van der Waals surface area contributed by atoms with E-state index < -0.39 is 73.5 Å². The van der Waals surface area contributed by atoms with Gasteiger partial charge < -0.3 is 33.9 Å². The summed E-state index contributed by atoms with van der Waals surface area (Å²) in [5.41, 5.74) is 11.3. The van der Waals surface area contributed by atoms with Crippen molar-refractivity contribution in [3.8, 4) is 11.1 Å². The van der Waals surface area contributed by atoms with Crippen molar-refractivity contribution in [2.45, 2.75) is 70.7 Å². The molecule has 3 N–H and O–H groups in total. The Morgan fingerprint density at radius 1 is 0.857 bits per heavy atom. The summed E-state index contributed by atoms with van der Waals surface area (Å²) in [6.07, 6.45) is -3.91. The van der Waals surface area contributed by atoms with E-state index in [2.05, 4.69) is 40.8 Å². The van der Waals surface area contributed by atoms with Gasteiger partial charge in [0, 0.05) is 61.4 Å². The van der Waals surface area contributed by atoms with Gasteiger partial charge in [0.25, 0.3) is 5.91 Å². The van der Waals surface area contributed by atoms with Gasteiger partial charge in [-0.3, -0.25) is 19.2 Å². The number of nitrogens with one attached hydrogen (secondary N) is 2. The first-order chi connectivity index (χ1) is 30.4. The monoisotopic (exact) mass is 861 g/mol. The summed E-state index contributed by atoms with van der Waals surface area (Å²) in [5, 5.41) is 10.5. The molecule has 1 aliphatic heterocycles. The molecule has 63 heavy (non-hydrogen) atoms. The zero-order valence-electron chi connectivity index (χ0n) is 35.0. The number of rotatable bonds is 16. The summed E-state index contributed by atoms with van der Waals surface area (Å²) in [4.78, 5) is 72.9. The molecule has 5 aromatic rings. The van der Waals surface area contributed by atoms with Crippen molar-refractivity contribution in [1.29, 1.82) is 0 Å². The van der Waals surface area contributed by atoms with Crippen LogP contribution in [0.25, 0.3) is 28.1 Å². The van der Waals surface area contributed by atoms with Crippen LogP contribution in [0.1, 0.15) is 59.7 Å².